The van der Waals surface area contributed by atoms with Crippen molar-refractivity contribution in [3.8, 4) is 0 Å². The highest BCUT2D eigenvalue weighted by Gasteiger charge is 2.68. The monoisotopic (exact) mass is 176 g/mol. The van der Waals surface area contributed by atoms with Crippen LogP contribution >= 0.6 is 0 Å². The highest BCUT2D eigenvalue weighted by molar-refractivity contribution is 5.89. The van der Waals surface area contributed by atoms with Crippen molar-refractivity contribution in [1.29, 1.82) is 0 Å². The maximum absolute atomic E-state index is 12.0. The van der Waals surface area contributed by atoms with Crippen molar-refractivity contribution in [3.05, 3.63) is 0 Å². The van der Waals surface area contributed by atoms with Crippen LogP contribution in [0.3, 0.4) is 0 Å². The van der Waals surface area contributed by atoms with E-state index in [0.717, 1.165) is 30.1 Å². The summed E-state index contributed by atoms with van der Waals surface area (Å²) < 4.78 is 0. The molecule has 0 saturated heterocycles. The second-order valence-corrected chi connectivity index (χ2v) is 5.85. The molecule has 4 saturated carbocycles. The van der Waals surface area contributed by atoms with Crippen LogP contribution in [0, 0.1) is 29.1 Å². The van der Waals surface area contributed by atoms with Gasteiger partial charge in [-0.15, -0.1) is 0 Å². The predicted octanol–water partition coefficient (Wildman–Crippen LogP) is 2.40. The molecule has 0 aromatic carbocycles. The van der Waals surface area contributed by atoms with E-state index < -0.39 is 0 Å². The summed E-state index contributed by atoms with van der Waals surface area (Å²) >= 11 is 0. The summed E-state index contributed by atoms with van der Waals surface area (Å²) in [5, 5.41) is 0. The third-order valence-electron chi connectivity index (χ3n) is 5.64. The average Bonchev–Trinajstić information content (AvgIpc) is 2.76. The Kier molecular flexibility index (Phi) is 1.01. The van der Waals surface area contributed by atoms with E-state index in [9.17, 15) is 4.79 Å². The Morgan fingerprint density at radius 3 is 2.92 bits per heavy atom. The molecule has 0 aliphatic heterocycles. The van der Waals surface area contributed by atoms with Gasteiger partial charge in [-0.1, -0.05) is 0 Å². The zero-order chi connectivity index (χ0) is 8.63. The average molecular weight is 176 g/mol. The lowest BCUT2D eigenvalue weighted by atomic mass is 9.65. The largest absolute Gasteiger partial charge is 0.299 e. The molecule has 13 heavy (non-hydrogen) atoms. The van der Waals surface area contributed by atoms with Gasteiger partial charge >= 0.3 is 0 Å². The molecule has 0 aromatic rings. The number of ketones is 1. The minimum Gasteiger partial charge on any atom is -0.299 e. The highest BCUT2D eigenvalue weighted by atomic mass is 16.1. The Hall–Kier alpha value is -0.330. The first-order chi connectivity index (χ1) is 6.30. The van der Waals surface area contributed by atoms with E-state index in [4.69, 9.17) is 0 Å². The van der Waals surface area contributed by atoms with Crippen LogP contribution in [-0.2, 0) is 4.79 Å². The summed E-state index contributed by atoms with van der Waals surface area (Å²) in [7, 11) is 0. The van der Waals surface area contributed by atoms with E-state index in [2.05, 4.69) is 0 Å². The summed E-state index contributed by atoms with van der Waals surface area (Å²) in [5.41, 5.74) is 0.258. The standard InChI is InChI=1S/C12H16O/c13-11-4-7-3-10-8-1-2-9(5-8)12(10,11)6-7/h7-10H,1-6H2. The van der Waals surface area contributed by atoms with E-state index in [0.29, 0.717) is 5.78 Å². The van der Waals surface area contributed by atoms with E-state index in [1.54, 1.807) is 0 Å². The van der Waals surface area contributed by atoms with Crippen molar-refractivity contribution < 1.29 is 4.79 Å². The molecule has 1 nitrogen and oxygen atoms in total. The SMILES string of the molecule is O=C1CC2CC3C4CCC(C4)C13C2. The molecule has 0 radical (unpaired) electrons. The van der Waals surface area contributed by atoms with Gasteiger partial charge in [0.1, 0.15) is 5.78 Å². The smallest absolute Gasteiger partial charge is 0.139 e. The highest BCUT2D eigenvalue weighted by Crippen LogP contribution is 2.71. The maximum atomic E-state index is 12.0. The van der Waals surface area contributed by atoms with Crippen LogP contribution in [0.2, 0.25) is 0 Å². The van der Waals surface area contributed by atoms with Crippen LogP contribution in [0.1, 0.15) is 38.5 Å². The summed E-state index contributed by atoms with van der Waals surface area (Å²) in [6.45, 7) is 0. The summed E-state index contributed by atoms with van der Waals surface area (Å²) in [5.74, 6) is 4.10. The molecule has 0 N–H and O–H groups in total. The van der Waals surface area contributed by atoms with Crippen LogP contribution in [0.5, 0.6) is 0 Å². The number of hydrogen-bond acceptors (Lipinski definition) is 1. The third-order valence-corrected chi connectivity index (χ3v) is 5.64. The lowest BCUT2D eigenvalue weighted by Crippen LogP contribution is -2.38. The zero-order valence-corrected chi connectivity index (χ0v) is 7.96. The van der Waals surface area contributed by atoms with E-state index in [-0.39, 0.29) is 5.41 Å². The first-order valence-corrected chi connectivity index (χ1v) is 5.84. The van der Waals surface area contributed by atoms with Gasteiger partial charge in [-0.25, -0.2) is 0 Å². The number of carbonyl (C=O) groups excluding carboxylic acids is 1. The molecule has 0 aromatic heterocycles. The molecule has 5 atom stereocenters. The van der Waals surface area contributed by atoms with Crippen molar-refractivity contribution in [2.75, 3.05) is 0 Å². The first-order valence-electron chi connectivity index (χ1n) is 5.84. The molecule has 4 fully saturated rings. The van der Waals surface area contributed by atoms with Gasteiger partial charge in [0.05, 0.1) is 0 Å². The molecule has 1 spiro atoms. The molecular formula is C12H16O. The fourth-order valence-corrected chi connectivity index (χ4v) is 5.37. The fourth-order valence-electron chi connectivity index (χ4n) is 5.37. The van der Waals surface area contributed by atoms with E-state index >= 15 is 0 Å². The van der Waals surface area contributed by atoms with Gasteiger partial charge in [-0.3, -0.25) is 4.79 Å². The summed E-state index contributed by atoms with van der Waals surface area (Å²) in [4.78, 5) is 12.0. The van der Waals surface area contributed by atoms with Crippen molar-refractivity contribution in [3.63, 3.8) is 0 Å². The molecule has 0 amide bonds. The molecule has 4 aliphatic carbocycles. The summed E-state index contributed by atoms with van der Waals surface area (Å²) in [6, 6.07) is 0. The molecule has 4 bridgehead atoms. The van der Waals surface area contributed by atoms with Crippen molar-refractivity contribution >= 4 is 5.78 Å². The molecule has 4 aliphatic rings. The predicted molar refractivity (Wildman–Crippen MR) is 49.1 cm³/mol. The van der Waals surface area contributed by atoms with Gasteiger partial charge in [0.15, 0.2) is 0 Å². The number of Topliss-reactive ketones (excluding diaryl/α,β-unsaturated/α-hetero) is 1. The van der Waals surface area contributed by atoms with Crippen LogP contribution in [-0.4, -0.2) is 5.78 Å². The molecule has 70 valence electrons. The number of carbonyl (C=O) groups is 1. The van der Waals surface area contributed by atoms with Crippen LogP contribution < -0.4 is 0 Å². The second kappa shape index (κ2) is 1.87. The first kappa shape index (κ1) is 7.03. The zero-order valence-electron chi connectivity index (χ0n) is 7.96. The maximum Gasteiger partial charge on any atom is 0.139 e. The molecular weight excluding hydrogens is 160 g/mol. The Morgan fingerprint density at radius 1 is 1.23 bits per heavy atom. The minimum absolute atomic E-state index is 0.258. The molecule has 5 unspecified atom stereocenters. The van der Waals surface area contributed by atoms with Gasteiger partial charge in [-0.05, 0) is 55.8 Å². The van der Waals surface area contributed by atoms with Crippen molar-refractivity contribution in [2.24, 2.45) is 29.1 Å². The Labute approximate surface area is 78.9 Å². The molecule has 1 heteroatoms. The fraction of sp³-hybridized carbons (Fsp3) is 0.917. The lowest BCUT2D eigenvalue weighted by Gasteiger charge is -2.37. The Bertz CT molecular complexity index is 295. The van der Waals surface area contributed by atoms with Crippen molar-refractivity contribution in [1.82, 2.24) is 0 Å². The van der Waals surface area contributed by atoms with E-state index in [1.807, 2.05) is 0 Å². The van der Waals surface area contributed by atoms with Crippen LogP contribution in [0.4, 0.5) is 0 Å². The normalized spacial score (nSPS) is 62.0. The van der Waals surface area contributed by atoms with Gasteiger partial charge < -0.3 is 0 Å². The van der Waals surface area contributed by atoms with Gasteiger partial charge in [0.2, 0.25) is 0 Å². The number of fused-ring (bicyclic) bond motifs is 4. The number of rotatable bonds is 0. The van der Waals surface area contributed by atoms with Crippen molar-refractivity contribution in [2.45, 2.75) is 38.5 Å². The summed E-state index contributed by atoms with van der Waals surface area (Å²) in [6.07, 6.45) is 7.87. The van der Waals surface area contributed by atoms with E-state index in [1.165, 1.54) is 32.1 Å². The van der Waals surface area contributed by atoms with Gasteiger partial charge in [-0.2, -0.15) is 0 Å². The minimum atomic E-state index is 0.258. The lowest BCUT2D eigenvalue weighted by molar-refractivity contribution is -0.132. The number of hydrogen-bond donors (Lipinski definition) is 0. The Balaban J connectivity index is 1.89. The van der Waals surface area contributed by atoms with Gasteiger partial charge in [0.25, 0.3) is 0 Å². The molecule has 4 rings (SSSR count). The second-order valence-electron chi connectivity index (χ2n) is 5.85. The quantitative estimate of drug-likeness (QED) is 0.554. The van der Waals surface area contributed by atoms with Gasteiger partial charge in [0, 0.05) is 11.8 Å². The topological polar surface area (TPSA) is 17.1 Å². The van der Waals surface area contributed by atoms with Crippen LogP contribution in [0.15, 0.2) is 0 Å². The Morgan fingerprint density at radius 2 is 2.15 bits per heavy atom. The molecule has 0 heterocycles. The van der Waals surface area contributed by atoms with Crippen LogP contribution in [0.25, 0.3) is 0 Å². The third kappa shape index (κ3) is 0.572.